The van der Waals surface area contributed by atoms with Crippen molar-refractivity contribution in [1.82, 2.24) is 4.31 Å². The van der Waals surface area contributed by atoms with Crippen molar-refractivity contribution in [3.8, 4) is 0 Å². The number of esters is 1. The lowest BCUT2D eigenvalue weighted by Gasteiger charge is -2.37. The van der Waals surface area contributed by atoms with Crippen LogP contribution >= 0.6 is 0 Å². The van der Waals surface area contributed by atoms with Crippen molar-refractivity contribution in [3.63, 3.8) is 0 Å². The summed E-state index contributed by atoms with van der Waals surface area (Å²) in [5, 5.41) is -0.728. The Labute approximate surface area is 194 Å². The van der Waals surface area contributed by atoms with Crippen LogP contribution in [0.4, 0.5) is 8.78 Å². The van der Waals surface area contributed by atoms with E-state index < -0.39 is 44.4 Å². The molecule has 1 heterocycles. The largest absolute Gasteiger partial charge is 0.460 e. The molecule has 1 aliphatic rings. The highest BCUT2D eigenvalue weighted by Gasteiger charge is 2.41. The summed E-state index contributed by atoms with van der Waals surface area (Å²) in [6.45, 7) is 8.03. The van der Waals surface area contributed by atoms with Crippen LogP contribution in [0.1, 0.15) is 75.3 Å². The summed E-state index contributed by atoms with van der Waals surface area (Å²) in [6, 6.07) is 10.5. The van der Waals surface area contributed by atoms with Crippen LogP contribution in [0.25, 0.3) is 0 Å². The highest BCUT2D eigenvalue weighted by atomic mass is 32.2. The molecule has 0 saturated carbocycles. The summed E-state index contributed by atoms with van der Waals surface area (Å²) in [7, 11) is -3.78. The van der Waals surface area contributed by atoms with Crippen molar-refractivity contribution >= 4 is 16.0 Å². The van der Waals surface area contributed by atoms with E-state index in [9.17, 15) is 17.6 Å². The van der Waals surface area contributed by atoms with Crippen LogP contribution in [-0.2, 0) is 26.1 Å². The fraction of sp³-hybridized carbons (Fsp3) is 0.480. The molecule has 1 unspecified atom stereocenters. The quantitative estimate of drug-likeness (QED) is 0.534. The van der Waals surface area contributed by atoms with E-state index in [4.69, 9.17) is 4.74 Å². The molecule has 1 fully saturated rings. The highest BCUT2D eigenvalue weighted by molar-refractivity contribution is 7.89. The number of hydrogen-bond donors (Lipinski definition) is 0. The van der Waals surface area contributed by atoms with E-state index >= 15 is 4.39 Å². The first kappa shape index (κ1) is 25.3. The highest BCUT2D eigenvalue weighted by Crippen LogP contribution is 2.38. The number of sulfonamides is 1. The molecule has 1 saturated heterocycles. The first-order valence-electron chi connectivity index (χ1n) is 11.1. The Balaban J connectivity index is 1.88. The van der Waals surface area contributed by atoms with Gasteiger partial charge in [0.15, 0.2) is 0 Å². The summed E-state index contributed by atoms with van der Waals surface area (Å²) in [6.07, 6.45) is 1.07. The van der Waals surface area contributed by atoms with Crippen molar-refractivity contribution in [2.45, 2.75) is 76.8 Å². The van der Waals surface area contributed by atoms with Crippen LogP contribution in [0, 0.1) is 11.6 Å². The Kier molecular flexibility index (Phi) is 7.29. The Morgan fingerprint density at radius 3 is 2.36 bits per heavy atom. The topological polar surface area (TPSA) is 63.7 Å². The van der Waals surface area contributed by atoms with E-state index in [0.29, 0.717) is 18.4 Å². The van der Waals surface area contributed by atoms with Crippen LogP contribution in [0.5, 0.6) is 0 Å². The van der Waals surface area contributed by atoms with Gasteiger partial charge in [-0.2, -0.15) is 4.31 Å². The molecular formula is C25H31F2NO4S. The average molecular weight is 480 g/mol. The second kappa shape index (κ2) is 9.50. The van der Waals surface area contributed by atoms with Crippen LogP contribution < -0.4 is 0 Å². The number of ether oxygens (including phenoxy) is 1. The third-order valence-corrected chi connectivity index (χ3v) is 8.28. The van der Waals surface area contributed by atoms with Crippen molar-refractivity contribution in [2.75, 3.05) is 0 Å². The molecule has 180 valence electrons. The van der Waals surface area contributed by atoms with Gasteiger partial charge < -0.3 is 4.74 Å². The van der Waals surface area contributed by atoms with Crippen LogP contribution in [0.15, 0.2) is 42.5 Å². The van der Waals surface area contributed by atoms with Gasteiger partial charge in [-0.05, 0) is 65.2 Å². The molecule has 3 atom stereocenters. The molecular weight excluding hydrogens is 448 g/mol. The Morgan fingerprint density at radius 2 is 1.76 bits per heavy atom. The lowest BCUT2D eigenvalue weighted by atomic mass is 9.98. The standard InChI is InChI=1S/C25H31F2NO4S/c1-16-11-12-23(18-9-7-6-8-10-18)33(30,31)28(16)15-19-13-22(27)20(14-21(19)26)17(2)24(29)32-25(3,4)5/h6-10,13-14,16-17,23H,11-12,15H2,1-5H3/t16-,17?,23+/m0/s1. The molecule has 1 aliphatic heterocycles. The molecule has 2 aromatic rings. The zero-order valence-electron chi connectivity index (χ0n) is 19.6. The van der Waals surface area contributed by atoms with E-state index in [-0.39, 0.29) is 23.7 Å². The predicted molar refractivity (Wildman–Crippen MR) is 123 cm³/mol. The maximum Gasteiger partial charge on any atom is 0.313 e. The minimum absolute atomic E-state index is 0.0724. The Morgan fingerprint density at radius 1 is 1.12 bits per heavy atom. The third-order valence-electron chi connectivity index (χ3n) is 5.91. The number of benzene rings is 2. The summed E-state index contributed by atoms with van der Waals surface area (Å²) < 4.78 is 63.2. The zero-order chi connectivity index (χ0) is 24.6. The second-order valence-electron chi connectivity index (χ2n) is 9.64. The Hall–Kier alpha value is -2.32. The molecule has 5 nitrogen and oxygen atoms in total. The summed E-state index contributed by atoms with van der Waals surface area (Å²) >= 11 is 0. The molecule has 0 aliphatic carbocycles. The van der Waals surface area contributed by atoms with Crippen molar-refractivity contribution in [3.05, 3.63) is 70.8 Å². The van der Waals surface area contributed by atoms with Gasteiger partial charge in [0, 0.05) is 23.7 Å². The van der Waals surface area contributed by atoms with Gasteiger partial charge in [-0.25, -0.2) is 17.2 Å². The maximum absolute atomic E-state index is 15.0. The van der Waals surface area contributed by atoms with E-state index in [1.807, 2.05) is 6.07 Å². The number of rotatable bonds is 5. The monoisotopic (exact) mass is 479 g/mol. The molecule has 8 heteroatoms. The van der Waals surface area contributed by atoms with Crippen LogP contribution in [-0.4, -0.2) is 30.3 Å². The van der Waals surface area contributed by atoms with Crippen molar-refractivity contribution in [1.29, 1.82) is 0 Å². The lowest BCUT2D eigenvalue weighted by molar-refractivity contribution is -0.156. The van der Waals surface area contributed by atoms with E-state index in [1.165, 1.54) is 11.2 Å². The lowest BCUT2D eigenvalue weighted by Crippen LogP contribution is -2.44. The number of nitrogens with zero attached hydrogens (tertiary/aromatic N) is 1. The van der Waals surface area contributed by atoms with Gasteiger partial charge in [0.1, 0.15) is 22.5 Å². The summed E-state index contributed by atoms with van der Waals surface area (Å²) in [4.78, 5) is 12.3. The Bertz CT molecular complexity index is 1110. The van der Waals surface area contributed by atoms with E-state index in [2.05, 4.69) is 0 Å². The first-order valence-corrected chi connectivity index (χ1v) is 12.6. The molecule has 2 aromatic carbocycles. The SMILES string of the molecule is CC(C(=O)OC(C)(C)C)c1cc(F)c(CN2[C@@H](C)CC[C@H](c3ccccc3)S2(=O)=O)cc1F. The van der Waals surface area contributed by atoms with Gasteiger partial charge in [-0.15, -0.1) is 0 Å². The molecule has 0 bridgehead atoms. The van der Waals surface area contributed by atoms with Crippen LogP contribution in [0.3, 0.4) is 0 Å². The van der Waals surface area contributed by atoms with Gasteiger partial charge in [0.05, 0.1) is 5.92 Å². The number of hydrogen-bond acceptors (Lipinski definition) is 4. The molecule has 0 N–H and O–H groups in total. The van der Waals surface area contributed by atoms with Gasteiger partial charge in [-0.3, -0.25) is 4.79 Å². The minimum Gasteiger partial charge on any atom is -0.460 e. The second-order valence-corrected chi connectivity index (χ2v) is 11.7. The predicted octanol–water partition coefficient (Wildman–Crippen LogP) is 5.47. The van der Waals surface area contributed by atoms with Crippen molar-refractivity contribution in [2.24, 2.45) is 0 Å². The molecule has 0 aromatic heterocycles. The van der Waals surface area contributed by atoms with E-state index in [1.54, 1.807) is 52.0 Å². The van der Waals surface area contributed by atoms with Crippen molar-refractivity contribution < 1.29 is 26.7 Å². The van der Waals surface area contributed by atoms with Gasteiger partial charge in [0.2, 0.25) is 10.0 Å². The average Bonchev–Trinajstić information content (AvgIpc) is 2.72. The smallest absolute Gasteiger partial charge is 0.313 e. The van der Waals surface area contributed by atoms with E-state index in [0.717, 1.165) is 12.1 Å². The summed E-state index contributed by atoms with van der Waals surface area (Å²) in [5.74, 6) is -3.20. The fourth-order valence-electron chi connectivity index (χ4n) is 4.09. The van der Waals surface area contributed by atoms with Gasteiger partial charge >= 0.3 is 5.97 Å². The summed E-state index contributed by atoms with van der Waals surface area (Å²) in [5.41, 5.74) is -0.268. The fourth-order valence-corrected chi connectivity index (χ4v) is 6.28. The molecule has 0 radical (unpaired) electrons. The maximum atomic E-state index is 15.0. The number of carbonyl (C=O) groups excluding carboxylic acids is 1. The normalized spacial score (nSPS) is 22.0. The van der Waals surface area contributed by atoms with Gasteiger partial charge in [-0.1, -0.05) is 30.3 Å². The first-order chi connectivity index (χ1) is 15.3. The molecule has 0 spiro atoms. The third kappa shape index (κ3) is 5.61. The zero-order valence-corrected chi connectivity index (χ0v) is 20.5. The number of halogens is 2. The number of carbonyl (C=O) groups is 1. The molecule has 3 rings (SSSR count). The van der Waals surface area contributed by atoms with Crippen LogP contribution in [0.2, 0.25) is 0 Å². The minimum atomic E-state index is -3.78. The van der Waals surface area contributed by atoms with Gasteiger partial charge in [0.25, 0.3) is 0 Å². The molecule has 33 heavy (non-hydrogen) atoms. The molecule has 0 amide bonds.